The van der Waals surface area contributed by atoms with Crippen molar-refractivity contribution >= 4 is 11.6 Å². The van der Waals surface area contributed by atoms with Crippen molar-refractivity contribution in [2.45, 2.75) is 36.7 Å². The van der Waals surface area contributed by atoms with Crippen molar-refractivity contribution in [3.63, 3.8) is 0 Å². The molecule has 1 aliphatic rings. The van der Waals surface area contributed by atoms with Crippen molar-refractivity contribution in [2.24, 2.45) is 0 Å². The summed E-state index contributed by atoms with van der Waals surface area (Å²) in [6, 6.07) is 0. The molecule has 0 spiro atoms. The highest BCUT2D eigenvalue weighted by Crippen LogP contribution is 2.31. The topological polar surface area (TPSA) is 20.2 Å². The Labute approximate surface area is 66.4 Å². The van der Waals surface area contributed by atoms with E-state index in [2.05, 4.69) is 5.92 Å². The Morgan fingerprint density at radius 2 is 2.30 bits per heavy atom. The molecule has 0 unspecified atom stereocenters. The number of halogens is 1. The molecule has 1 aliphatic carbocycles. The van der Waals surface area contributed by atoms with Crippen LogP contribution < -0.4 is 0 Å². The highest BCUT2D eigenvalue weighted by atomic mass is 35.5. The van der Waals surface area contributed by atoms with Gasteiger partial charge in [0.15, 0.2) is 0 Å². The van der Waals surface area contributed by atoms with Gasteiger partial charge < -0.3 is 5.11 Å². The first kappa shape index (κ1) is 7.91. The molecule has 1 N–H and O–H groups in total. The summed E-state index contributed by atoms with van der Waals surface area (Å²) < 4.78 is 0. The lowest BCUT2D eigenvalue weighted by Crippen LogP contribution is -2.39. The first-order valence-electron chi connectivity index (χ1n) is 3.53. The van der Waals surface area contributed by atoms with E-state index in [9.17, 15) is 5.11 Å². The molecule has 2 heteroatoms. The van der Waals surface area contributed by atoms with Crippen LogP contribution in [0.4, 0.5) is 0 Å². The van der Waals surface area contributed by atoms with Crippen molar-refractivity contribution in [1.82, 2.24) is 0 Å². The Morgan fingerprint density at radius 3 is 2.70 bits per heavy atom. The molecule has 56 valence electrons. The van der Waals surface area contributed by atoms with Crippen molar-refractivity contribution in [2.75, 3.05) is 0 Å². The van der Waals surface area contributed by atoms with Gasteiger partial charge in [-0.2, -0.15) is 0 Å². The van der Waals surface area contributed by atoms with E-state index in [1.807, 2.05) is 0 Å². The minimum atomic E-state index is -1.03. The highest BCUT2D eigenvalue weighted by Gasteiger charge is 2.35. The van der Waals surface area contributed by atoms with Crippen LogP contribution in [0.15, 0.2) is 0 Å². The molecule has 1 saturated carbocycles. The molecule has 0 aromatic rings. The second kappa shape index (κ2) is 2.82. The van der Waals surface area contributed by atoms with Crippen LogP contribution in [0.5, 0.6) is 0 Å². The predicted molar refractivity (Wildman–Crippen MR) is 41.9 cm³/mol. The van der Waals surface area contributed by atoms with Gasteiger partial charge in [-0.1, -0.05) is 12.3 Å². The van der Waals surface area contributed by atoms with Crippen molar-refractivity contribution < 1.29 is 5.11 Å². The Balaban J connectivity index is 2.65. The quantitative estimate of drug-likeness (QED) is 0.419. The lowest BCUT2D eigenvalue weighted by molar-refractivity contribution is 0.0655. The van der Waals surface area contributed by atoms with Gasteiger partial charge in [-0.05, 0) is 19.3 Å². The standard InChI is InChI=1S/C8H11ClO/c1-2-8(10)6-4-3-5-7(8)9/h1,7,10H,3-6H2/t7-,8+/m0/s1. The fraction of sp³-hybridized carbons (Fsp3) is 0.750. The molecule has 1 fully saturated rings. The highest BCUT2D eigenvalue weighted by molar-refractivity contribution is 6.21. The van der Waals surface area contributed by atoms with Crippen LogP contribution in [0.3, 0.4) is 0 Å². The van der Waals surface area contributed by atoms with Crippen molar-refractivity contribution in [1.29, 1.82) is 0 Å². The monoisotopic (exact) mass is 158 g/mol. The molecular weight excluding hydrogens is 148 g/mol. The maximum atomic E-state index is 9.58. The molecule has 0 radical (unpaired) electrons. The average Bonchev–Trinajstić information content (AvgIpc) is 1.96. The molecule has 2 atom stereocenters. The van der Waals surface area contributed by atoms with Gasteiger partial charge in [0.2, 0.25) is 0 Å². The minimum Gasteiger partial charge on any atom is -0.376 e. The Kier molecular flexibility index (Phi) is 2.23. The van der Waals surface area contributed by atoms with Crippen LogP contribution in [0, 0.1) is 12.3 Å². The van der Waals surface area contributed by atoms with E-state index < -0.39 is 5.60 Å². The first-order valence-corrected chi connectivity index (χ1v) is 3.97. The molecule has 0 bridgehead atoms. The zero-order valence-corrected chi connectivity index (χ0v) is 6.56. The lowest BCUT2D eigenvalue weighted by atomic mass is 9.85. The van der Waals surface area contributed by atoms with Crippen LogP contribution >= 0.6 is 11.6 Å². The smallest absolute Gasteiger partial charge is 0.141 e. The van der Waals surface area contributed by atoms with Gasteiger partial charge in [-0.3, -0.25) is 0 Å². The van der Waals surface area contributed by atoms with E-state index >= 15 is 0 Å². The Bertz CT molecular complexity index is 161. The van der Waals surface area contributed by atoms with Crippen LogP contribution in [0.2, 0.25) is 0 Å². The molecule has 0 aromatic heterocycles. The largest absolute Gasteiger partial charge is 0.376 e. The number of alkyl halides is 1. The number of rotatable bonds is 0. The average molecular weight is 159 g/mol. The number of aliphatic hydroxyl groups is 1. The summed E-state index contributed by atoms with van der Waals surface area (Å²) in [5, 5.41) is 9.34. The summed E-state index contributed by atoms with van der Waals surface area (Å²) in [7, 11) is 0. The second-order valence-electron chi connectivity index (χ2n) is 2.78. The van der Waals surface area contributed by atoms with E-state index in [4.69, 9.17) is 18.0 Å². The zero-order chi connectivity index (χ0) is 7.61. The van der Waals surface area contributed by atoms with Crippen LogP contribution in [-0.4, -0.2) is 16.1 Å². The van der Waals surface area contributed by atoms with Crippen LogP contribution in [0.1, 0.15) is 25.7 Å². The van der Waals surface area contributed by atoms with Gasteiger partial charge in [-0.25, -0.2) is 0 Å². The third kappa shape index (κ3) is 1.28. The summed E-state index contributed by atoms with van der Waals surface area (Å²) >= 11 is 5.83. The molecule has 0 heterocycles. The van der Waals surface area contributed by atoms with Crippen LogP contribution in [0.25, 0.3) is 0 Å². The predicted octanol–water partition coefficient (Wildman–Crippen LogP) is 1.53. The Hall–Kier alpha value is -0.190. The lowest BCUT2D eigenvalue weighted by Gasteiger charge is -2.31. The van der Waals surface area contributed by atoms with E-state index in [-0.39, 0.29) is 5.38 Å². The molecule has 10 heavy (non-hydrogen) atoms. The molecule has 0 saturated heterocycles. The van der Waals surface area contributed by atoms with Gasteiger partial charge in [0.1, 0.15) is 5.60 Å². The molecule has 1 rings (SSSR count). The molecule has 0 amide bonds. The Morgan fingerprint density at radius 1 is 1.60 bits per heavy atom. The fourth-order valence-electron chi connectivity index (χ4n) is 1.28. The van der Waals surface area contributed by atoms with Gasteiger partial charge in [-0.15, -0.1) is 18.0 Å². The molecular formula is C8H11ClO. The molecule has 1 nitrogen and oxygen atoms in total. The van der Waals surface area contributed by atoms with E-state index in [0.29, 0.717) is 6.42 Å². The summed E-state index contributed by atoms with van der Waals surface area (Å²) in [5.41, 5.74) is -1.03. The van der Waals surface area contributed by atoms with Crippen molar-refractivity contribution in [3.8, 4) is 12.3 Å². The zero-order valence-electron chi connectivity index (χ0n) is 5.81. The normalized spacial score (nSPS) is 40.7. The van der Waals surface area contributed by atoms with Crippen molar-refractivity contribution in [3.05, 3.63) is 0 Å². The van der Waals surface area contributed by atoms with Gasteiger partial charge >= 0.3 is 0 Å². The second-order valence-corrected chi connectivity index (χ2v) is 3.31. The van der Waals surface area contributed by atoms with Gasteiger partial charge in [0, 0.05) is 0 Å². The first-order chi connectivity index (χ1) is 4.69. The molecule has 0 aliphatic heterocycles. The summed E-state index contributed by atoms with van der Waals surface area (Å²) in [6.07, 6.45) is 8.70. The summed E-state index contributed by atoms with van der Waals surface area (Å²) in [6.45, 7) is 0. The fourth-order valence-corrected chi connectivity index (χ4v) is 1.60. The SMILES string of the molecule is C#C[C@@]1(O)CCCC[C@@H]1Cl. The van der Waals surface area contributed by atoms with E-state index in [0.717, 1.165) is 19.3 Å². The number of hydrogen-bond acceptors (Lipinski definition) is 1. The maximum absolute atomic E-state index is 9.58. The van der Waals surface area contributed by atoms with Gasteiger partial charge in [0.05, 0.1) is 5.38 Å². The molecule has 0 aromatic carbocycles. The minimum absolute atomic E-state index is 0.244. The third-order valence-corrected chi connectivity index (χ3v) is 2.61. The number of hydrogen-bond donors (Lipinski definition) is 1. The van der Waals surface area contributed by atoms with E-state index in [1.165, 1.54) is 0 Å². The summed E-state index contributed by atoms with van der Waals surface area (Å²) in [4.78, 5) is 0. The van der Waals surface area contributed by atoms with Crippen LogP contribution in [-0.2, 0) is 0 Å². The summed E-state index contributed by atoms with van der Waals surface area (Å²) in [5.74, 6) is 2.35. The third-order valence-electron chi connectivity index (χ3n) is 2.03. The number of terminal acetylenes is 1. The maximum Gasteiger partial charge on any atom is 0.141 e. The van der Waals surface area contributed by atoms with E-state index in [1.54, 1.807) is 0 Å². The van der Waals surface area contributed by atoms with Gasteiger partial charge in [0.25, 0.3) is 0 Å².